The number of rotatable bonds is 5. The molecular formula is C16H16O3. The molecule has 0 N–H and O–H groups in total. The molecule has 1 heterocycles. The minimum atomic E-state index is -0.351. The van der Waals surface area contributed by atoms with Crippen molar-refractivity contribution < 1.29 is 9.15 Å². The van der Waals surface area contributed by atoms with Crippen LogP contribution in [0.4, 0.5) is 0 Å². The van der Waals surface area contributed by atoms with Crippen LogP contribution in [0.15, 0.2) is 52.7 Å². The van der Waals surface area contributed by atoms with E-state index in [-0.39, 0.29) is 5.63 Å². The maximum atomic E-state index is 11.5. The SMILES string of the molecule is C=CCOc1ccc2c(C)cc(=O)oc2c1CC=C. The van der Waals surface area contributed by atoms with Gasteiger partial charge in [-0.25, -0.2) is 4.79 Å². The second-order valence-electron chi connectivity index (χ2n) is 4.26. The first-order valence-electron chi connectivity index (χ1n) is 6.08. The van der Waals surface area contributed by atoms with Crippen molar-refractivity contribution in [3.63, 3.8) is 0 Å². The van der Waals surface area contributed by atoms with Crippen LogP contribution < -0.4 is 10.4 Å². The van der Waals surface area contributed by atoms with E-state index in [1.165, 1.54) is 6.07 Å². The van der Waals surface area contributed by atoms with Gasteiger partial charge in [-0.05, 0) is 31.0 Å². The molecule has 0 saturated carbocycles. The van der Waals surface area contributed by atoms with Gasteiger partial charge in [0.15, 0.2) is 0 Å². The van der Waals surface area contributed by atoms with E-state index < -0.39 is 0 Å². The molecule has 0 atom stereocenters. The standard InChI is InChI=1S/C16H16O3/c1-4-6-13-14(18-9-5-2)8-7-12-11(3)10-15(17)19-16(12)13/h4-5,7-8,10H,1-2,6,9H2,3H3. The molecule has 0 bridgehead atoms. The van der Waals surface area contributed by atoms with Crippen molar-refractivity contribution in [2.45, 2.75) is 13.3 Å². The summed E-state index contributed by atoms with van der Waals surface area (Å²) < 4.78 is 10.9. The van der Waals surface area contributed by atoms with Crippen LogP contribution in [0.2, 0.25) is 0 Å². The monoisotopic (exact) mass is 256 g/mol. The van der Waals surface area contributed by atoms with E-state index in [1.54, 1.807) is 12.2 Å². The number of hydrogen-bond acceptors (Lipinski definition) is 3. The predicted octanol–water partition coefficient (Wildman–Crippen LogP) is 3.39. The summed E-state index contributed by atoms with van der Waals surface area (Å²) in [5.74, 6) is 0.695. The molecule has 0 aliphatic carbocycles. The van der Waals surface area contributed by atoms with Gasteiger partial charge in [0.1, 0.15) is 17.9 Å². The number of fused-ring (bicyclic) bond motifs is 1. The Morgan fingerprint density at radius 2 is 2.11 bits per heavy atom. The predicted molar refractivity (Wildman–Crippen MR) is 76.8 cm³/mol. The van der Waals surface area contributed by atoms with Gasteiger partial charge < -0.3 is 9.15 Å². The van der Waals surface area contributed by atoms with Crippen LogP contribution >= 0.6 is 0 Å². The summed E-state index contributed by atoms with van der Waals surface area (Å²) >= 11 is 0. The lowest BCUT2D eigenvalue weighted by Gasteiger charge is -2.11. The molecule has 3 nitrogen and oxygen atoms in total. The highest BCUT2D eigenvalue weighted by Gasteiger charge is 2.12. The molecule has 19 heavy (non-hydrogen) atoms. The molecule has 2 rings (SSSR count). The second-order valence-corrected chi connectivity index (χ2v) is 4.26. The van der Waals surface area contributed by atoms with Crippen molar-refractivity contribution in [2.75, 3.05) is 6.61 Å². The molecule has 1 aromatic heterocycles. The van der Waals surface area contributed by atoms with Crippen LogP contribution in [0.3, 0.4) is 0 Å². The molecule has 0 aliphatic rings. The van der Waals surface area contributed by atoms with E-state index in [1.807, 2.05) is 19.1 Å². The molecule has 0 saturated heterocycles. The maximum absolute atomic E-state index is 11.5. The first-order chi connectivity index (χ1) is 9.17. The first-order valence-corrected chi connectivity index (χ1v) is 6.08. The van der Waals surface area contributed by atoms with Gasteiger partial charge >= 0.3 is 5.63 Å². The fourth-order valence-corrected chi connectivity index (χ4v) is 2.04. The molecule has 0 amide bonds. The van der Waals surface area contributed by atoms with Gasteiger partial charge in [0.25, 0.3) is 0 Å². The topological polar surface area (TPSA) is 39.4 Å². The average molecular weight is 256 g/mol. The fraction of sp³-hybridized carbons (Fsp3) is 0.188. The summed E-state index contributed by atoms with van der Waals surface area (Å²) in [5, 5.41) is 0.919. The van der Waals surface area contributed by atoms with E-state index in [0.29, 0.717) is 24.4 Å². The molecule has 0 spiro atoms. The summed E-state index contributed by atoms with van der Waals surface area (Å²) in [6.45, 7) is 9.66. The Hall–Kier alpha value is -2.29. The summed E-state index contributed by atoms with van der Waals surface area (Å²) in [5.41, 5.74) is 1.96. The Morgan fingerprint density at radius 1 is 1.32 bits per heavy atom. The number of aryl methyl sites for hydroxylation is 1. The highest BCUT2D eigenvalue weighted by Crippen LogP contribution is 2.29. The molecule has 2 aromatic rings. The molecular weight excluding hydrogens is 240 g/mol. The van der Waals surface area contributed by atoms with Crippen molar-refractivity contribution >= 4 is 11.0 Å². The maximum Gasteiger partial charge on any atom is 0.336 e. The normalized spacial score (nSPS) is 10.4. The second kappa shape index (κ2) is 5.57. The van der Waals surface area contributed by atoms with Crippen LogP contribution in [0.1, 0.15) is 11.1 Å². The van der Waals surface area contributed by atoms with Gasteiger partial charge in [0.2, 0.25) is 0 Å². The van der Waals surface area contributed by atoms with E-state index in [0.717, 1.165) is 16.5 Å². The quantitative estimate of drug-likeness (QED) is 0.608. The first kappa shape index (κ1) is 13.1. The van der Waals surface area contributed by atoms with Crippen LogP contribution in [0.5, 0.6) is 5.75 Å². The Kier molecular flexibility index (Phi) is 3.85. The van der Waals surface area contributed by atoms with Crippen molar-refractivity contribution in [2.24, 2.45) is 0 Å². The lowest BCUT2D eigenvalue weighted by molar-refractivity contribution is 0.359. The third kappa shape index (κ3) is 2.60. The highest BCUT2D eigenvalue weighted by molar-refractivity contribution is 5.85. The smallest absolute Gasteiger partial charge is 0.336 e. The summed E-state index contributed by atoms with van der Waals surface area (Å²) in [6.07, 6.45) is 4.02. The molecule has 0 unspecified atom stereocenters. The van der Waals surface area contributed by atoms with Crippen LogP contribution in [-0.4, -0.2) is 6.61 Å². The van der Waals surface area contributed by atoms with Crippen molar-refractivity contribution in [3.8, 4) is 5.75 Å². The molecule has 1 aromatic carbocycles. The van der Waals surface area contributed by atoms with Crippen molar-refractivity contribution in [1.29, 1.82) is 0 Å². The minimum Gasteiger partial charge on any atom is -0.489 e. The third-order valence-corrected chi connectivity index (χ3v) is 2.88. The minimum absolute atomic E-state index is 0.351. The van der Waals surface area contributed by atoms with Gasteiger partial charge in [0, 0.05) is 17.0 Å². The molecule has 0 aliphatic heterocycles. The number of allylic oxidation sites excluding steroid dienone is 1. The zero-order chi connectivity index (χ0) is 13.8. The van der Waals surface area contributed by atoms with Gasteiger partial charge in [-0.1, -0.05) is 18.7 Å². The van der Waals surface area contributed by atoms with Gasteiger partial charge in [-0.2, -0.15) is 0 Å². The Bertz CT molecular complexity index is 680. The Morgan fingerprint density at radius 3 is 2.79 bits per heavy atom. The van der Waals surface area contributed by atoms with E-state index in [2.05, 4.69) is 13.2 Å². The van der Waals surface area contributed by atoms with Crippen LogP contribution in [0, 0.1) is 6.92 Å². The molecule has 3 heteroatoms. The number of ether oxygens (including phenoxy) is 1. The average Bonchev–Trinajstić information content (AvgIpc) is 2.38. The largest absolute Gasteiger partial charge is 0.489 e. The summed E-state index contributed by atoms with van der Waals surface area (Å²) in [4.78, 5) is 11.5. The Balaban J connectivity index is 2.71. The van der Waals surface area contributed by atoms with Crippen molar-refractivity contribution in [1.82, 2.24) is 0 Å². The van der Waals surface area contributed by atoms with Crippen LogP contribution in [-0.2, 0) is 6.42 Å². The summed E-state index contributed by atoms with van der Waals surface area (Å²) in [7, 11) is 0. The van der Waals surface area contributed by atoms with Gasteiger partial charge in [-0.3, -0.25) is 0 Å². The molecule has 0 fully saturated rings. The third-order valence-electron chi connectivity index (χ3n) is 2.88. The summed E-state index contributed by atoms with van der Waals surface area (Å²) in [6, 6.07) is 5.28. The van der Waals surface area contributed by atoms with E-state index in [9.17, 15) is 4.79 Å². The molecule has 98 valence electrons. The lowest BCUT2D eigenvalue weighted by atomic mass is 10.0. The van der Waals surface area contributed by atoms with Crippen molar-refractivity contribution in [3.05, 3.63) is 65.1 Å². The Labute approximate surface area is 111 Å². The van der Waals surface area contributed by atoms with Crippen LogP contribution in [0.25, 0.3) is 11.0 Å². The lowest BCUT2D eigenvalue weighted by Crippen LogP contribution is -2.02. The van der Waals surface area contributed by atoms with E-state index in [4.69, 9.17) is 9.15 Å². The fourth-order valence-electron chi connectivity index (χ4n) is 2.04. The van der Waals surface area contributed by atoms with Gasteiger partial charge in [-0.15, -0.1) is 6.58 Å². The van der Waals surface area contributed by atoms with Gasteiger partial charge in [0.05, 0.1) is 0 Å². The number of benzene rings is 1. The number of hydrogen-bond donors (Lipinski definition) is 0. The molecule has 0 radical (unpaired) electrons. The highest BCUT2D eigenvalue weighted by atomic mass is 16.5. The van der Waals surface area contributed by atoms with E-state index >= 15 is 0 Å². The zero-order valence-corrected chi connectivity index (χ0v) is 10.9. The zero-order valence-electron chi connectivity index (χ0n) is 10.9.